The van der Waals surface area contributed by atoms with Crippen LogP contribution in [0.1, 0.15) is 42.5 Å². The SMILES string of the molecule is Cc1nc(-c2c(C)c(C)nn(C)c2=O)sc1C(=O)Nc1ccc(C(=O)N2CCc3ccccc32)cc1. The van der Waals surface area contributed by atoms with Gasteiger partial charge < -0.3 is 10.2 Å². The minimum absolute atomic E-state index is 0.0645. The molecule has 182 valence electrons. The summed E-state index contributed by atoms with van der Waals surface area (Å²) >= 11 is 1.18. The number of rotatable bonds is 4. The van der Waals surface area contributed by atoms with Gasteiger partial charge in [0.25, 0.3) is 17.4 Å². The molecule has 0 saturated carbocycles. The summed E-state index contributed by atoms with van der Waals surface area (Å²) in [4.78, 5) is 45.5. The number of hydrogen-bond donors (Lipinski definition) is 1. The Morgan fingerprint density at radius 3 is 2.47 bits per heavy atom. The molecule has 0 radical (unpaired) electrons. The van der Waals surface area contributed by atoms with Gasteiger partial charge in [0.15, 0.2) is 0 Å². The molecule has 1 aliphatic heterocycles. The molecule has 5 rings (SSSR count). The molecule has 4 aromatic rings. The van der Waals surface area contributed by atoms with Gasteiger partial charge in [-0.05, 0) is 68.7 Å². The molecule has 0 fully saturated rings. The van der Waals surface area contributed by atoms with Crippen LogP contribution >= 0.6 is 11.3 Å². The van der Waals surface area contributed by atoms with E-state index in [0.29, 0.717) is 38.9 Å². The van der Waals surface area contributed by atoms with Gasteiger partial charge in [-0.2, -0.15) is 5.10 Å². The van der Waals surface area contributed by atoms with E-state index in [1.165, 1.54) is 21.6 Å². The van der Waals surface area contributed by atoms with Gasteiger partial charge in [0, 0.05) is 30.5 Å². The highest BCUT2D eigenvalue weighted by molar-refractivity contribution is 7.17. The van der Waals surface area contributed by atoms with Crippen molar-refractivity contribution in [3.63, 3.8) is 0 Å². The molecule has 36 heavy (non-hydrogen) atoms. The molecule has 1 aliphatic rings. The molecule has 0 aliphatic carbocycles. The summed E-state index contributed by atoms with van der Waals surface area (Å²) in [5.74, 6) is -0.380. The molecule has 0 spiro atoms. The fraction of sp³-hybridized carbons (Fsp3) is 0.222. The molecule has 9 heteroatoms. The third-order valence-electron chi connectivity index (χ3n) is 6.46. The molecule has 8 nitrogen and oxygen atoms in total. The summed E-state index contributed by atoms with van der Waals surface area (Å²) in [6, 6.07) is 14.8. The van der Waals surface area contributed by atoms with Crippen molar-refractivity contribution in [3.8, 4) is 10.6 Å². The average Bonchev–Trinajstić information content (AvgIpc) is 3.47. The molecule has 2 aromatic carbocycles. The number of aromatic nitrogens is 3. The number of thiazole rings is 1. The van der Waals surface area contributed by atoms with Crippen molar-refractivity contribution in [2.24, 2.45) is 7.05 Å². The van der Waals surface area contributed by atoms with E-state index in [1.807, 2.05) is 38.1 Å². The average molecular weight is 500 g/mol. The third kappa shape index (κ3) is 4.11. The summed E-state index contributed by atoms with van der Waals surface area (Å²) < 4.78 is 1.29. The highest BCUT2D eigenvalue weighted by Crippen LogP contribution is 2.30. The maximum Gasteiger partial charge on any atom is 0.277 e. The smallest absolute Gasteiger partial charge is 0.277 e. The lowest BCUT2D eigenvalue weighted by atomic mass is 10.1. The number of benzene rings is 2. The van der Waals surface area contributed by atoms with Crippen molar-refractivity contribution in [3.05, 3.63) is 91.8 Å². The Kier molecular flexibility index (Phi) is 6.01. The van der Waals surface area contributed by atoms with Gasteiger partial charge in [-0.15, -0.1) is 11.3 Å². The third-order valence-corrected chi connectivity index (χ3v) is 7.64. The highest BCUT2D eigenvalue weighted by atomic mass is 32.1. The Hall–Kier alpha value is -4.11. The zero-order valence-electron chi connectivity index (χ0n) is 20.5. The number of carbonyl (C=O) groups excluding carboxylic acids is 2. The van der Waals surface area contributed by atoms with Crippen LogP contribution in [0.5, 0.6) is 0 Å². The van der Waals surface area contributed by atoms with Gasteiger partial charge >= 0.3 is 0 Å². The van der Waals surface area contributed by atoms with Crippen molar-refractivity contribution in [2.75, 3.05) is 16.8 Å². The standard InChI is InChI=1S/C27H25N5O3S/c1-15-16(2)30-31(4)27(35)22(15)25-28-17(3)23(36-25)24(33)29-20-11-9-19(10-12-20)26(34)32-14-13-18-7-5-6-8-21(18)32/h5-12H,13-14H2,1-4H3,(H,29,33). The minimum Gasteiger partial charge on any atom is -0.321 e. The highest BCUT2D eigenvalue weighted by Gasteiger charge is 2.25. The number of amides is 2. The van der Waals surface area contributed by atoms with Crippen LogP contribution in [0.4, 0.5) is 11.4 Å². The van der Waals surface area contributed by atoms with Gasteiger partial charge in [0.2, 0.25) is 0 Å². The Labute approximate surface area is 212 Å². The van der Waals surface area contributed by atoms with Crippen LogP contribution in [-0.2, 0) is 13.5 Å². The van der Waals surface area contributed by atoms with Crippen LogP contribution in [0.3, 0.4) is 0 Å². The van der Waals surface area contributed by atoms with Gasteiger partial charge in [0.05, 0.1) is 17.0 Å². The summed E-state index contributed by atoms with van der Waals surface area (Å²) in [5, 5.41) is 7.58. The van der Waals surface area contributed by atoms with Crippen molar-refractivity contribution >= 4 is 34.5 Å². The topological polar surface area (TPSA) is 97.2 Å². The zero-order chi connectivity index (χ0) is 25.6. The van der Waals surface area contributed by atoms with E-state index in [0.717, 1.165) is 23.4 Å². The van der Waals surface area contributed by atoms with Gasteiger partial charge in [-0.25, -0.2) is 9.67 Å². The van der Waals surface area contributed by atoms with E-state index >= 15 is 0 Å². The van der Waals surface area contributed by atoms with E-state index in [2.05, 4.69) is 15.4 Å². The number of nitrogens with one attached hydrogen (secondary N) is 1. The predicted octanol–water partition coefficient (Wildman–Crippen LogP) is 4.28. The van der Waals surface area contributed by atoms with Gasteiger partial charge in [0.1, 0.15) is 9.88 Å². The molecule has 0 saturated heterocycles. The molecular formula is C27H25N5O3S. The normalized spacial score (nSPS) is 12.5. The van der Waals surface area contributed by atoms with Crippen LogP contribution in [0.25, 0.3) is 10.6 Å². The molecule has 2 aromatic heterocycles. The number of para-hydroxylation sites is 1. The molecule has 1 N–H and O–H groups in total. The first-order valence-electron chi connectivity index (χ1n) is 11.6. The Balaban J connectivity index is 1.34. The van der Waals surface area contributed by atoms with Crippen LogP contribution in [-0.4, -0.2) is 33.1 Å². The molecular weight excluding hydrogens is 474 g/mol. The Morgan fingerprint density at radius 1 is 1.00 bits per heavy atom. The molecule has 2 amide bonds. The van der Waals surface area contributed by atoms with Crippen LogP contribution in [0, 0.1) is 20.8 Å². The number of hydrogen-bond acceptors (Lipinski definition) is 6. The van der Waals surface area contributed by atoms with Crippen molar-refractivity contribution < 1.29 is 9.59 Å². The fourth-order valence-electron chi connectivity index (χ4n) is 4.40. The minimum atomic E-state index is -0.316. The summed E-state index contributed by atoms with van der Waals surface area (Å²) in [6.45, 7) is 6.07. The number of nitrogens with zero attached hydrogens (tertiary/aromatic N) is 4. The number of fused-ring (bicyclic) bond motifs is 1. The Morgan fingerprint density at radius 2 is 1.72 bits per heavy atom. The van der Waals surface area contributed by atoms with Crippen molar-refractivity contribution in [1.82, 2.24) is 14.8 Å². The van der Waals surface area contributed by atoms with Crippen molar-refractivity contribution in [1.29, 1.82) is 0 Å². The maximum absolute atomic E-state index is 13.0. The quantitative estimate of drug-likeness (QED) is 0.452. The van der Waals surface area contributed by atoms with Crippen LogP contribution in [0.2, 0.25) is 0 Å². The summed E-state index contributed by atoms with van der Waals surface area (Å²) in [5.41, 5.74) is 5.48. The van der Waals surface area contributed by atoms with E-state index in [-0.39, 0.29) is 17.4 Å². The molecule has 3 heterocycles. The van der Waals surface area contributed by atoms with Crippen LogP contribution in [0.15, 0.2) is 53.3 Å². The van der Waals surface area contributed by atoms with E-state index in [9.17, 15) is 14.4 Å². The monoisotopic (exact) mass is 499 g/mol. The maximum atomic E-state index is 13.0. The summed E-state index contributed by atoms with van der Waals surface area (Å²) in [6.07, 6.45) is 0.844. The number of anilines is 2. The van der Waals surface area contributed by atoms with E-state index in [1.54, 1.807) is 43.1 Å². The zero-order valence-corrected chi connectivity index (χ0v) is 21.3. The largest absolute Gasteiger partial charge is 0.321 e. The number of aryl methyl sites for hydroxylation is 3. The van der Waals surface area contributed by atoms with Crippen molar-refractivity contribution in [2.45, 2.75) is 27.2 Å². The fourth-order valence-corrected chi connectivity index (χ4v) is 5.46. The molecule has 0 unspecified atom stereocenters. The summed E-state index contributed by atoms with van der Waals surface area (Å²) in [7, 11) is 1.60. The lowest BCUT2D eigenvalue weighted by Gasteiger charge is -2.17. The second-order valence-corrected chi connectivity index (χ2v) is 9.81. The lowest BCUT2D eigenvalue weighted by molar-refractivity contribution is 0.0988. The van der Waals surface area contributed by atoms with E-state index < -0.39 is 0 Å². The molecule has 0 bridgehead atoms. The first-order valence-corrected chi connectivity index (χ1v) is 12.4. The van der Waals surface area contributed by atoms with Gasteiger partial charge in [-0.1, -0.05) is 18.2 Å². The second kappa shape index (κ2) is 9.16. The predicted molar refractivity (Wildman–Crippen MR) is 141 cm³/mol. The van der Waals surface area contributed by atoms with E-state index in [4.69, 9.17) is 0 Å². The first kappa shape index (κ1) is 23.6. The van der Waals surface area contributed by atoms with Crippen LogP contribution < -0.4 is 15.8 Å². The first-order chi connectivity index (χ1) is 17.2. The molecule has 0 atom stereocenters. The number of carbonyl (C=O) groups is 2. The Bertz CT molecular complexity index is 1570. The second-order valence-electron chi connectivity index (χ2n) is 8.81. The van der Waals surface area contributed by atoms with Gasteiger partial charge in [-0.3, -0.25) is 14.4 Å². The lowest BCUT2D eigenvalue weighted by Crippen LogP contribution is -2.28.